The number of carbonyl (C=O) groups excluding carboxylic acids is 1. The summed E-state index contributed by atoms with van der Waals surface area (Å²) in [5.74, 6) is -1.42. The van der Waals surface area contributed by atoms with Gasteiger partial charge in [0.05, 0.1) is 13.7 Å². The average molecular weight is 257 g/mol. The normalized spacial score (nSPS) is 12.2. The SMILES string of the molecule is COCCNC(C(=O)OC)c1cc(O)cc(F)c1. The van der Waals surface area contributed by atoms with Crippen LogP contribution in [0.5, 0.6) is 5.75 Å². The van der Waals surface area contributed by atoms with Crippen LogP contribution in [0, 0.1) is 5.82 Å². The molecule has 1 atom stereocenters. The number of phenolic OH excluding ortho intramolecular Hbond substituents is 1. The predicted molar refractivity (Wildman–Crippen MR) is 62.7 cm³/mol. The van der Waals surface area contributed by atoms with Crippen molar-refractivity contribution >= 4 is 5.97 Å². The van der Waals surface area contributed by atoms with Gasteiger partial charge in [0.15, 0.2) is 0 Å². The van der Waals surface area contributed by atoms with Crippen LogP contribution in [0.1, 0.15) is 11.6 Å². The number of esters is 1. The van der Waals surface area contributed by atoms with E-state index < -0.39 is 17.8 Å². The summed E-state index contributed by atoms with van der Waals surface area (Å²) in [6.45, 7) is 0.794. The van der Waals surface area contributed by atoms with Crippen molar-refractivity contribution in [3.05, 3.63) is 29.6 Å². The lowest BCUT2D eigenvalue weighted by Gasteiger charge is -2.17. The van der Waals surface area contributed by atoms with E-state index in [-0.39, 0.29) is 5.75 Å². The zero-order valence-electron chi connectivity index (χ0n) is 10.3. The maximum Gasteiger partial charge on any atom is 0.327 e. The van der Waals surface area contributed by atoms with Gasteiger partial charge in [-0.1, -0.05) is 0 Å². The number of halogens is 1. The van der Waals surface area contributed by atoms with Gasteiger partial charge < -0.3 is 14.6 Å². The van der Waals surface area contributed by atoms with Crippen molar-refractivity contribution in [3.8, 4) is 5.75 Å². The van der Waals surface area contributed by atoms with Crippen molar-refractivity contribution < 1.29 is 23.8 Å². The minimum atomic E-state index is -0.841. The third-order valence-electron chi connectivity index (χ3n) is 2.33. The van der Waals surface area contributed by atoms with Gasteiger partial charge in [-0.2, -0.15) is 0 Å². The highest BCUT2D eigenvalue weighted by molar-refractivity contribution is 5.77. The summed E-state index contributed by atoms with van der Waals surface area (Å²) >= 11 is 0. The van der Waals surface area contributed by atoms with Crippen LogP contribution in [0.2, 0.25) is 0 Å². The first-order valence-electron chi connectivity index (χ1n) is 5.38. The van der Waals surface area contributed by atoms with Crippen molar-refractivity contribution in [1.82, 2.24) is 5.32 Å². The Labute approximate surface area is 105 Å². The van der Waals surface area contributed by atoms with E-state index in [0.717, 1.165) is 6.07 Å². The Kier molecular flexibility index (Phi) is 5.54. The topological polar surface area (TPSA) is 67.8 Å². The van der Waals surface area contributed by atoms with Gasteiger partial charge in [-0.3, -0.25) is 5.32 Å². The third-order valence-corrected chi connectivity index (χ3v) is 2.33. The van der Waals surface area contributed by atoms with E-state index >= 15 is 0 Å². The summed E-state index contributed by atoms with van der Waals surface area (Å²) in [6.07, 6.45) is 0. The van der Waals surface area contributed by atoms with Crippen LogP contribution in [0.3, 0.4) is 0 Å². The minimum Gasteiger partial charge on any atom is -0.508 e. The molecule has 0 saturated carbocycles. The van der Waals surface area contributed by atoms with Crippen molar-refractivity contribution in [3.63, 3.8) is 0 Å². The van der Waals surface area contributed by atoms with E-state index in [1.54, 1.807) is 0 Å². The molecule has 6 heteroatoms. The van der Waals surface area contributed by atoms with E-state index in [1.165, 1.54) is 26.4 Å². The summed E-state index contributed by atoms with van der Waals surface area (Å²) in [6, 6.07) is 2.60. The fraction of sp³-hybridized carbons (Fsp3) is 0.417. The summed E-state index contributed by atoms with van der Waals surface area (Å²) < 4.78 is 22.7. The van der Waals surface area contributed by atoms with Crippen LogP contribution >= 0.6 is 0 Å². The molecular weight excluding hydrogens is 241 g/mol. The molecule has 18 heavy (non-hydrogen) atoms. The van der Waals surface area contributed by atoms with E-state index in [9.17, 15) is 14.3 Å². The van der Waals surface area contributed by atoms with E-state index in [4.69, 9.17) is 4.74 Å². The van der Waals surface area contributed by atoms with Gasteiger partial charge in [0.25, 0.3) is 0 Å². The molecule has 0 aliphatic heterocycles. The van der Waals surface area contributed by atoms with Crippen LogP contribution in [0.15, 0.2) is 18.2 Å². The number of benzene rings is 1. The monoisotopic (exact) mass is 257 g/mol. The maximum absolute atomic E-state index is 13.2. The molecule has 0 aliphatic carbocycles. The maximum atomic E-state index is 13.2. The summed E-state index contributed by atoms with van der Waals surface area (Å²) in [5.41, 5.74) is 0.301. The van der Waals surface area contributed by atoms with Gasteiger partial charge in [0, 0.05) is 19.7 Å². The number of rotatable bonds is 6. The number of hydrogen-bond donors (Lipinski definition) is 2. The second-order valence-corrected chi connectivity index (χ2v) is 3.65. The number of hydrogen-bond acceptors (Lipinski definition) is 5. The highest BCUT2D eigenvalue weighted by Gasteiger charge is 2.21. The Morgan fingerprint density at radius 3 is 2.72 bits per heavy atom. The van der Waals surface area contributed by atoms with Gasteiger partial charge in [0.1, 0.15) is 17.6 Å². The number of ether oxygens (including phenoxy) is 2. The Morgan fingerprint density at radius 1 is 1.44 bits per heavy atom. The van der Waals surface area contributed by atoms with Crippen LogP contribution in [0.25, 0.3) is 0 Å². The van der Waals surface area contributed by atoms with Crippen LogP contribution in [0.4, 0.5) is 4.39 Å². The van der Waals surface area contributed by atoms with Gasteiger partial charge in [-0.15, -0.1) is 0 Å². The molecule has 0 amide bonds. The van der Waals surface area contributed by atoms with Crippen LogP contribution in [-0.4, -0.2) is 38.4 Å². The van der Waals surface area contributed by atoms with Crippen molar-refractivity contribution in [2.45, 2.75) is 6.04 Å². The lowest BCUT2D eigenvalue weighted by molar-refractivity contribution is -0.143. The van der Waals surface area contributed by atoms with Gasteiger partial charge in [-0.05, 0) is 17.7 Å². The Balaban J connectivity index is 2.90. The molecular formula is C12H16FNO4. The molecule has 1 aromatic carbocycles. The fourth-order valence-corrected chi connectivity index (χ4v) is 1.52. The lowest BCUT2D eigenvalue weighted by atomic mass is 10.1. The number of aromatic hydroxyl groups is 1. The zero-order valence-corrected chi connectivity index (χ0v) is 10.3. The predicted octanol–water partition coefficient (Wildman–Crippen LogP) is 0.981. The number of methoxy groups -OCH3 is 2. The van der Waals surface area contributed by atoms with Crippen molar-refractivity contribution in [2.75, 3.05) is 27.4 Å². The van der Waals surface area contributed by atoms with Gasteiger partial charge >= 0.3 is 5.97 Å². The van der Waals surface area contributed by atoms with Crippen molar-refractivity contribution in [2.24, 2.45) is 0 Å². The molecule has 1 rings (SSSR count). The molecule has 0 spiro atoms. The minimum absolute atomic E-state index is 0.243. The van der Waals surface area contributed by atoms with Crippen LogP contribution < -0.4 is 5.32 Å². The molecule has 0 bridgehead atoms. The quantitative estimate of drug-likeness (QED) is 0.587. The Hall–Kier alpha value is -1.66. The summed E-state index contributed by atoms with van der Waals surface area (Å²) in [5, 5.41) is 12.2. The molecule has 0 aliphatic rings. The molecule has 0 radical (unpaired) electrons. The Bertz CT molecular complexity index is 391. The molecule has 2 N–H and O–H groups in total. The van der Waals surface area contributed by atoms with Gasteiger partial charge in [0.2, 0.25) is 0 Å². The molecule has 100 valence electrons. The molecule has 0 aromatic heterocycles. The third kappa shape index (κ3) is 3.97. The number of carbonyl (C=O) groups is 1. The molecule has 1 unspecified atom stereocenters. The highest BCUT2D eigenvalue weighted by Crippen LogP contribution is 2.21. The summed E-state index contributed by atoms with van der Waals surface area (Å²) in [7, 11) is 2.77. The van der Waals surface area contributed by atoms with Crippen molar-refractivity contribution in [1.29, 1.82) is 0 Å². The first-order chi connectivity index (χ1) is 8.58. The average Bonchev–Trinajstić information content (AvgIpc) is 2.32. The first-order valence-corrected chi connectivity index (χ1v) is 5.38. The number of nitrogens with one attached hydrogen (secondary N) is 1. The molecule has 0 fully saturated rings. The second kappa shape index (κ2) is 6.93. The zero-order chi connectivity index (χ0) is 13.5. The molecule has 0 heterocycles. The standard InChI is InChI=1S/C12H16FNO4/c1-17-4-3-14-11(12(16)18-2)8-5-9(13)7-10(15)6-8/h5-7,11,14-15H,3-4H2,1-2H3. The second-order valence-electron chi connectivity index (χ2n) is 3.65. The molecule has 5 nitrogen and oxygen atoms in total. The van der Waals surface area contributed by atoms with Crippen LogP contribution in [-0.2, 0) is 14.3 Å². The first kappa shape index (κ1) is 14.4. The number of phenols is 1. The fourth-order valence-electron chi connectivity index (χ4n) is 1.52. The van der Waals surface area contributed by atoms with E-state index in [0.29, 0.717) is 18.7 Å². The largest absolute Gasteiger partial charge is 0.508 e. The van der Waals surface area contributed by atoms with E-state index in [1.807, 2.05) is 0 Å². The Morgan fingerprint density at radius 2 is 2.17 bits per heavy atom. The van der Waals surface area contributed by atoms with E-state index in [2.05, 4.69) is 10.1 Å². The smallest absolute Gasteiger partial charge is 0.327 e. The molecule has 0 saturated heterocycles. The van der Waals surface area contributed by atoms with Gasteiger partial charge in [-0.25, -0.2) is 9.18 Å². The highest BCUT2D eigenvalue weighted by atomic mass is 19.1. The molecule has 1 aromatic rings. The summed E-state index contributed by atoms with van der Waals surface area (Å²) in [4.78, 5) is 11.6. The lowest BCUT2D eigenvalue weighted by Crippen LogP contribution is -2.32.